The van der Waals surface area contributed by atoms with Crippen LogP contribution in [0, 0.1) is 11.8 Å². The van der Waals surface area contributed by atoms with Gasteiger partial charge in [-0.3, -0.25) is 0 Å². The van der Waals surface area contributed by atoms with Crippen LogP contribution in [-0.2, 0) is 0 Å². The third-order valence-electron chi connectivity index (χ3n) is 4.81. The third kappa shape index (κ3) is 4.23. The topological polar surface area (TPSA) is 12.0 Å². The first kappa shape index (κ1) is 15.9. The van der Waals surface area contributed by atoms with Gasteiger partial charge in [-0.2, -0.15) is 0 Å². The van der Waals surface area contributed by atoms with Crippen LogP contribution in [0.5, 0.6) is 0 Å². The van der Waals surface area contributed by atoms with Crippen LogP contribution in [0.4, 0.5) is 0 Å². The Labute approximate surface area is 129 Å². The minimum atomic E-state index is 0.337. The van der Waals surface area contributed by atoms with E-state index in [1.54, 1.807) is 0 Å². The number of hydrogen-bond acceptors (Lipinski definition) is 1. The van der Waals surface area contributed by atoms with Gasteiger partial charge in [0.2, 0.25) is 0 Å². The van der Waals surface area contributed by atoms with Crippen molar-refractivity contribution in [3.63, 3.8) is 0 Å². The first-order chi connectivity index (χ1) is 9.58. The average molecular weight is 294 g/mol. The number of halogens is 1. The molecule has 1 saturated carbocycles. The summed E-state index contributed by atoms with van der Waals surface area (Å²) in [6.07, 6.45) is 6.73. The predicted molar refractivity (Wildman–Crippen MR) is 88.2 cm³/mol. The second-order valence-corrected chi connectivity index (χ2v) is 7.03. The first-order valence-corrected chi connectivity index (χ1v) is 8.46. The minimum absolute atomic E-state index is 0.337. The van der Waals surface area contributed by atoms with Crippen LogP contribution in [0.1, 0.15) is 64.5 Å². The summed E-state index contributed by atoms with van der Waals surface area (Å²) < 4.78 is 0. The molecule has 2 unspecified atom stereocenters. The van der Waals surface area contributed by atoms with Crippen molar-refractivity contribution in [1.82, 2.24) is 5.32 Å². The van der Waals surface area contributed by atoms with Gasteiger partial charge in [0.05, 0.1) is 0 Å². The lowest BCUT2D eigenvalue weighted by Gasteiger charge is -2.23. The largest absolute Gasteiger partial charge is 0.307 e. The molecule has 0 aromatic heterocycles. The molecule has 1 aliphatic rings. The van der Waals surface area contributed by atoms with Gasteiger partial charge in [0.25, 0.3) is 0 Å². The van der Waals surface area contributed by atoms with Gasteiger partial charge in [0, 0.05) is 17.1 Å². The Morgan fingerprint density at radius 2 is 1.80 bits per heavy atom. The Hall–Kier alpha value is -0.530. The molecule has 0 amide bonds. The summed E-state index contributed by atoms with van der Waals surface area (Å²) >= 11 is 6.29. The summed E-state index contributed by atoms with van der Waals surface area (Å²) in [4.78, 5) is 0. The molecule has 1 N–H and O–H groups in total. The van der Waals surface area contributed by atoms with Gasteiger partial charge in [-0.25, -0.2) is 0 Å². The van der Waals surface area contributed by atoms with Crippen molar-refractivity contribution in [3.05, 3.63) is 34.9 Å². The molecule has 1 aromatic rings. The van der Waals surface area contributed by atoms with Crippen LogP contribution < -0.4 is 5.32 Å². The molecule has 20 heavy (non-hydrogen) atoms. The summed E-state index contributed by atoms with van der Waals surface area (Å²) in [7, 11) is 0. The highest BCUT2D eigenvalue weighted by Crippen LogP contribution is 2.30. The molecule has 1 nitrogen and oxygen atoms in total. The zero-order chi connectivity index (χ0) is 14.5. The first-order valence-electron chi connectivity index (χ1n) is 8.08. The zero-order valence-corrected chi connectivity index (χ0v) is 13.8. The van der Waals surface area contributed by atoms with Crippen LogP contribution in [0.15, 0.2) is 24.3 Å². The molecular weight excluding hydrogens is 266 g/mol. The molecule has 0 saturated heterocycles. The number of hydrogen-bond donors (Lipinski definition) is 1. The molecule has 0 spiro atoms. The van der Waals surface area contributed by atoms with Gasteiger partial charge >= 0.3 is 0 Å². The van der Waals surface area contributed by atoms with Gasteiger partial charge in [0.15, 0.2) is 0 Å². The standard InChI is InChI=1S/C18H28ClN/c1-13(2)15-7-6-8-16(12-11-15)20-14(3)17-9-4-5-10-18(17)19/h4-5,9-10,13-16,20H,6-8,11-12H2,1-3H3/t14-,15?,16?/m0/s1. The van der Waals surface area contributed by atoms with Crippen molar-refractivity contribution in [3.8, 4) is 0 Å². The van der Waals surface area contributed by atoms with E-state index >= 15 is 0 Å². The van der Waals surface area contributed by atoms with Crippen LogP contribution >= 0.6 is 11.6 Å². The van der Waals surface area contributed by atoms with Gasteiger partial charge in [-0.05, 0) is 49.7 Å². The lowest BCUT2D eigenvalue weighted by atomic mass is 9.89. The number of benzene rings is 1. The highest BCUT2D eigenvalue weighted by atomic mass is 35.5. The maximum Gasteiger partial charge on any atom is 0.0453 e. The van der Waals surface area contributed by atoms with Crippen LogP contribution in [-0.4, -0.2) is 6.04 Å². The average Bonchev–Trinajstić information content (AvgIpc) is 2.65. The summed E-state index contributed by atoms with van der Waals surface area (Å²) in [5, 5.41) is 4.67. The molecule has 0 bridgehead atoms. The van der Waals surface area contributed by atoms with E-state index in [9.17, 15) is 0 Å². The molecule has 1 fully saturated rings. The highest BCUT2D eigenvalue weighted by molar-refractivity contribution is 6.31. The van der Waals surface area contributed by atoms with Crippen molar-refractivity contribution >= 4 is 11.6 Å². The van der Waals surface area contributed by atoms with Crippen LogP contribution in [0.3, 0.4) is 0 Å². The monoisotopic (exact) mass is 293 g/mol. The summed E-state index contributed by atoms with van der Waals surface area (Å²) in [5.74, 6) is 1.74. The molecule has 0 aliphatic heterocycles. The molecule has 112 valence electrons. The molecule has 2 rings (SSSR count). The maximum absolute atomic E-state index is 6.29. The van der Waals surface area contributed by atoms with Crippen LogP contribution in [0.2, 0.25) is 5.02 Å². The van der Waals surface area contributed by atoms with Gasteiger partial charge in [0.1, 0.15) is 0 Å². The fourth-order valence-corrected chi connectivity index (χ4v) is 3.73. The van der Waals surface area contributed by atoms with E-state index in [0.29, 0.717) is 12.1 Å². The predicted octanol–water partition coefficient (Wildman–Crippen LogP) is 5.60. The number of rotatable bonds is 4. The molecule has 3 atom stereocenters. The van der Waals surface area contributed by atoms with Crippen molar-refractivity contribution in [2.24, 2.45) is 11.8 Å². The minimum Gasteiger partial charge on any atom is -0.307 e. The normalized spacial score (nSPS) is 25.4. The Kier molecular flexibility index (Phi) is 5.92. The van der Waals surface area contributed by atoms with E-state index in [-0.39, 0.29) is 0 Å². The molecule has 0 radical (unpaired) electrons. The van der Waals surface area contributed by atoms with E-state index in [4.69, 9.17) is 11.6 Å². The quantitative estimate of drug-likeness (QED) is 0.713. The maximum atomic E-state index is 6.29. The van der Waals surface area contributed by atoms with Crippen molar-refractivity contribution < 1.29 is 0 Å². The highest BCUT2D eigenvalue weighted by Gasteiger charge is 2.22. The lowest BCUT2D eigenvalue weighted by Crippen LogP contribution is -2.31. The van der Waals surface area contributed by atoms with Crippen molar-refractivity contribution in [2.75, 3.05) is 0 Å². The van der Waals surface area contributed by atoms with E-state index in [1.807, 2.05) is 12.1 Å². The van der Waals surface area contributed by atoms with Gasteiger partial charge in [-0.15, -0.1) is 0 Å². The Morgan fingerprint density at radius 1 is 1.05 bits per heavy atom. The molecule has 1 aliphatic carbocycles. The fraction of sp³-hybridized carbons (Fsp3) is 0.667. The summed E-state index contributed by atoms with van der Waals surface area (Å²) in [6, 6.07) is 9.16. The summed E-state index contributed by atoms with van der Waals surface area (Å²) in [5.41, 5.74) is 1.22. The van der Waals surface area contributed by atoms with Crippen molar-refractivity contribution in [1.29, 1.82) is 0 Å². The lowest BCUT2D eigenvalue weighted by molar-refractivity contribution is 0.335. The second kappa shape index (κ2) is 7.47. The van der Waals surface area contributed by atoms with Gasteiger partial charge in [-0.1, -0.05) is 56.5 Å². The Balaban J connectivity index is 1.92. The van der Waals surface area contributed by atoms with E-state index in [1.165, 1.54) is 37.7 Å². The number of nitrogens with one attached hydrogen (secondary N) is 1. The van der Waals surface area contributed by atoms with E-state index in [2.05, 4.69) is 38.2 Å². The van der Waals surface area contributed by atoms with Gasteiger partial charge < -0.3 is 5.32 Å². The SMILES string of the molecule is CC(C)C1CCCC(N[C@@H](C)c2ccccc2Cl)CC1. The Morgan fingerprint density at radius 3 is 2.50 bits per heavy atom. The Bertz CT molecular complexity index is 416. The van der Waals surface area contributed by atoms with E-state index < -0.39 is 0 Å². The third-order valence-corrected chi connectivity index (χ3v) is 5.16. The summed E-state index contributed by atoms with van der Waals surface area (Å²) in [6.45, 7) is 6.96. The second-order valence-electron chi connectivity index (χ2n) is 6.62. The molecule has 2 heteroatoms. The molecular formula is C18H28ClN. The smallest absolute Gasteiger partial charge is 0.0453 e. The van der Waals surface area contributed by atoms with Crippen LogP contribution in [0.25, 0.3) is 0 Å². The molecule has 1 aromatic carbocycles. The fourth-order valence-electron chi connectivity index (χ4n) is 3.43. The van der Waals surface area contributed by atoms with E-state index in [0.717, 1.165) is 16.9 Å². The van der Waals surface area contributed by atoms with Crippen molar-refractivity contribution in [2.45, 2.75) is 65.0 Å². The molecule has 0 heterocycles. The zero-order valence-electron chi connectivity index (χ0n) is 13.0.